The average Bonchev–Trinajstić information content (AvgIpc) is 2.25. The van der Waals surface area contributed by atoms with Crippen molar-refractivity contribution in [3.8, 4) is 0 Å². The summed E-state index contributed by atoms with van der Waals surface area (Å²) in [5.74, 6) is 5.62. The Labute approximate surface area is 94.4 Å². The Morgan fingerprint density at radius 2 is 2.33 bits per heavy atom. The van der Waals surface area contributed by atoms with Gasteiger partial charge in [-0.2, -0.15) is 0 Å². The molecule has 3 nitrogen and oxygen atoms in total. The number of carbonyl (C=O) groups excluding carboxylic acids is 1. The summed E-state index contributed by atoms with van der Waals surface area (Å²) in [6, 6.07) is 8.23. The molecule has 1 rings (SSSR count). The molecule has 0 fully saturated rings. The third-order valence-electron chi connectivity index (χ3n) is 2.08. The predicted octanol–water partition coefficient (Wildman–Crippen LogP) is 1.71. The van der Waals surface area contributed by atoms with Gasteiger partial charge in [-0.3, -0.25) is 10.2 Å². The van der Waals surface area contributed by atoms with Gasteiger partial charge in [0.1, 0.15) is 0 Å². The first-order chi connectivity index (χ1) is 7.13. The minimum absolute atomic E-state index is 0.0690. The number of benzene rings is 1. The van der Waals surface area contributed by atoms with E-state index in [-0.39, 0.29) is 11.8 Å². The molecule has 0 saturated carbocycles. The number of nitrogens with two attached hydrogens (primary N) is 1. The van der Waals surface area contributed by atoms with Gasteiger partial charge in [-0.1, -0.05) is 24.6 Å². The summed E-state index contributed by atoms with van der Waals surface area (Å²) in [5.41, 5.74) is 3.39. The molecule has 1 atom stereocenters. The van der Waals surface area contributed by atoms with E-state index in [1.165, 1.54) is 10.5 Å². The van der Waals surface area contributed by atoms with E-state index in [9.17, 15) is 4.79 Å². The molecule has 0 spiro atoms. The lowest BCUT2D eigenvalue weighted by molar-refractivity contribution is -0.123. The summed E-state index contributed by atoms with van der Waals surface area (Å²) in [6.45, 7) is 3.92. The zero-order valence-electron chi connectivity index (χ0n) is 8.99. The van der Waals surface area contributed by atoms with Gasteiger partial charge < -0.3 is 0 Å². The van der Waals surface area contributed by atoms with Crippen molar-refractivity contribution in [1.82, 2.24) is 5.43 Å². The van der Waals surface area contributed by atoms with Crippen molar-refractivity contribution in [2.24, 2.45) is 11.8 Å². The Kier molecular flexibility index (Phi) is 4.65. The quantitative estimate of drug-likeness (QED) is 0.354. The van der Waals surface area contributed by atoms with Gasteiger partial charge in [-0.15, -0.1) is 11.8 Å². The summed E-state index contributed by atoms with van der Waals surface area (Å²) in [4.78, 5) is 12.3. The van der Waals surface area contributed by atoms with Crippen LogP contribution in [0.1, 0.15) is 12.5 Å². The van der Waals surface area contributed by atoms with Crippen molar-refractivity contribution < 1.29 is 4.79 Å². The molecule has 1 amide bonds. The van der Waals surface area contributed by atoms with Crippen LogP contribution in [0.4, 0.5) is 0 Å². The number of aryl methyl sites for hydroxylation is 1. The second-order valence-corrected chi connectivity index (χ2v) is 4.63. The molecule has 1 aromatic carbocycles. The van der Waals surface area contributed by atoms with E-state index in [0.29, 0.717) is 0 Å². The predicted molar refractivity (Wildman–Crippen MR) is 63.4 cm³/mol. The number of hydrazine groups is 1. The number of amides is 1. The topological polar surface area (TPSA) is 55.1 Å². The zero-order chi connectivity index (χ0) is 11.3. The molecular formula is C11H16N2OS. The van der Waals surface area contributed by atoms with E-state index in [1.54, 1.807) is 11.8 Å². The molecule has 0 aliphatic heterocycles. The molecule has 82 valence electrons. The summed E-state index contributed by atoms with van der Waals surface area (Å²) in [6.07, 6.45) is 0. The molecule has 3 N–H and O–H groups in total. The van der Waals surface area contributed by atoms with Crippen molar-refractivity contribution in [1.29, 1.82) is 0 Å². The van der Waals surface area contributed by atoms with Crippen LogP contribution in [0.3, 0.4) is 0 Å². The number of thioether (sulfide) groups is 1. The lowest BCUT2D eigenvalue weighted by Crippen LogP contribution is -2.35. The van der Waals surface area contributed by atoms with Gasteiger partial charge in [0.05, 0.1) is 0 Å². The first-order valence-corrected chi connectivity index (χ1v) is 5.82. The fourth-order valence-electron chi connectivity index (χ4n) is 1.14. The Morgan fingerprint density at radius 3 is 2.93 bits per heavy atom. The summed E-state index contributed by atoms with van der Waals surface area (Å²) in [5, 5.41) is 0. The first-order valence-electron chi connectivity index (χ1n) is 4.83. The van der Waals surface area contributed by atoms with Crippen molar-refractivity contribution in [2.75, 3.05) is 5.75 Å². The summed E-state index contributed by atoms with van der Waals surface area (Å²) >= 11 is 1.67. The largest absolute Gasteiger partial charge is 0.294 e. The van der Waals surface area contributed by atoms with Gasteiger partial charge in [-0.05, 0) is 19.1 Å². The molecule has 1 aromatic rings. The number of nitrogens with one attached hydrogen (secondary N) is 1. The van der Waals surface area contributed by atoms with E-state index in [0.717, 1.165) is 5.75 Å². The van der Waals surface area contributed by atoms with Crippen molar-refractivity contribution in [3.05, 3.63) is 29.8 Å². The number of rotatable bonds is 4. The Morgan fingerprint density at radius 1 is 1.60 bits per heavy atom. The maximum atomic E-state index is 11.2. The molecule has 4 heteroatoms. The highest BCUT2D eigenvalue weighted by atomic mass is 32.2. The minimum atomic E-state index is -0.116. The van der Waals surface area contributed by atoms with Crippen LogP contribution in [-0.2, 0) is 4.79 Å². The molecule has 0 radical (unpaired) electrons. The van der Waals surface area contributed by atoms with Gasteiger partial charge >= 0.3 is 0 Å². The number of hydrogen-bond acceptors (Lipinski definition) is 3. The van der Waals surface area contributed by atoms with Gasteiger partial charge in [0.2, 0.25) is 5.91 Å². The highest BCUT2D eigenvalue weighted by Crippen LogP contribution is 2.21. The maximum Gasteiger partial charge on any atom is 0.237 e. The van der Waals surface area contributed by atoms with Crippen LogP contribution in [0, 0.1) is 12.8 Å². The molecule has 0 bridgehead atoms. The van der Waals surface area contributed by atoms with Gasteiger partial charge in [0.15, 0.2) is 0 Å². The van der Waals surface area contributed by atoms with Crippen LogP contribution in [0.2, 0.25) is 0 Å². The van der Waals surface area contributed by atoms with Crippen molar-refractivity contribution in [3.63, 3.8) is 0 Å². The second kappa shape index (κ2) is 5.78. The summed E-state index contributed by atoms with van der Waals surface area (Å²) < 4.78 is 0. The highest BCUT2D eigenvalue weighted by molar-refractivity contribution is 7.99. The van der Waals surface area contributed by atoms with Crippen LogP contribution in [0.5, 0.6) is 0 Å². The second-order valence-electron chi connectivity index (χ2n) is 3.54. The standard InChI is InChI=1S/C11H16N2OS/c1-8-4-3-5-10(6-8)15-7-9(2)11(14)13-12/h3-6,9H,7,12H2,1-2H3,(H,13,14). The molecule has 0 aromatic heterocycles. The maximum absolute atomic E-state index is 11.2. The Hall–Kier alpha value is -1.00. The number of hydrogen-bond donors (Lipinski definition) is 2. The highest BCUT2D eigenvalue weighted by Gasteiger charge is 2.11. The van der Waals surface area contributed by atoms with Crippen molar-refractivity contribution >= 4 is 17.7 Å². The summed E-state index contributed by atoms with van der Waals surface area (Å²) in [7, 11) is 0. The first kappa shape index (κ1) is 12.1. The molecule has 0 heterocycles. The lowest BCUT2D eigenvalue weighted by atomic mass is 10.2. The van der Waals surface area contributed by atoms with Gasteiger partial charge in [-0.25, -0.2) is 5.84 Å². The fraction of sp³-hybridized carbons (Fsp3) is 0.364. The van der Waals surface area contributed by atoms with Crippen LogP contribution < -0.4 is 11.3 Å². The van der Waals surface area contributed by atoms with Crippen LogP contribution in [0.15, 0.2) is 29.2 Å². The zero-order valence-corrected chi connectivity index (χ0v) is 9.80. The van der Waals surface area contributed by atoms with Crippen LogP contribution in [0.25, 0.3) is 0 Å². The van der Waals surface area contributed by atoms with E-state index >= 15 is 0 Å². The van der Waals surface area contributed by atoms with Gasteiger partial charge in [0.25, 0.3) is 0 Å². The molecule has 1 unspecified atom stereocenters. The molecule has 0 aliphatic carbocycles. The third-order valence-corrected chi connectivity index (χ3v) is 3.33. The molecule has 0 aliphatic rings. The van der Waals surface area contributed by atoms with E-state index in [1.807, 2.05) is 19.1 Å². The third kappa shape index (κ3) is 3.93. The monoisotopic (exact) mass is 224 g/mol. The number of carbonyl (C=O) groups is 1. The van der Waals surface area contributed by atoms with Crippen LogP contribution >= 0.6 is 11.8 Å². The average molecular weight is 224 g/mol. The lowest BCUT2D eigenvalue weighted by Gasteiger charge is -2.09. The Bertz CT molecular complexity index is 341. The normalized spacial score (nSPS) is 12.2. The minimum Gasteiger partial charge on any atom is -0.294 e. The molecular weight excluding hydrogens is 208 g/mol. The smallest absolute Gasteiger partial charge is 0.237 e. The van der Waals surface area contributed by atoms with E-state index in [2.05, 4.69) is 24.5 Å². The van der Waals surface area contributed by atoms with Crippen LogP contribution in [-0.4, -0.2) is 11.7 Å². The molecule has 0 saturated heterocycles. The van der Waals surface area contributed by atoms with E-state index < -0.39 is 0 Å². The SMILES string of the molecule is Cc1cccc(SCC(C)C(=O)NN)c1. The fourth-order valence-corrected chi connectivity index (χ4v) is 2.18. The van der Waals surface area contributed by atoms with Gasteiger partial charge in [0, 0.05) is 16.6 Å². The van der Waals surface area contributed by atoms with E-state index in [4.69, 9.17) is 5.84 Å². The Balaban J connectivity index is 2.47. The molecule has 15 heavy (non-hydrogen) atoms. The van der Waals surface area contributed by atoms with Crippen molar-refractivity contribution in [2.45, 2.75) is 18.7 Å².